The summed E-state index contributed by atoms with van der Waals surface area (Å²) in [6.45, 7) is -0.169. The number of nitrogens with zero attached hydrogens (tertiary/aromatic N) is 2. The second kappa shape index (κ2) is 6.07. The fourth-order valence-electron chi connectivity index (χ4n) is 2.47. The highest BCUT2D eigenvalue weighted by atomic mass is 35.5. The molecule has 1 N–H and O–H groups in total. The van der Waals surface area contributed by atoms with Crippen LogP contribution in [0.3, 0.4) is 0 Å². The van der Waals surface area contributed by atoms with E-state index in [2.05, 4.69) is 5.32 Å². The number of halogens is 4. The van der Waals surface area contributed by atoms with Crippen LogP contribution in [-0.4, -0.2) is 53.2 Å². The molecule has 1 saturated heterocycles. The lowest BCUT2D eigenvalue weighted by Gasteiger charge is -2.17. The molecule has 2 heterocycles. The van der Waals surface area contributed by atoms with Crippen molar-refractivity contribution < 1.29 is 19.2 Å². The zero-order valence-corrected chi connectivity index (χ0v) is 14.7. The third-order valence-electron chi connectivity index (χ3n) is 3.64. The van der Waals surface area contributed by atoms with Gasteiger partial charge in [0.1, 0.15) is 6.54 Å². The average molecular weight is 411 g/mol. The van der Waals surface area contributed by atoms with Crippen LogP contribution in [-0.2, 0) is 4.79 Å². The number of hydrogen-bond acceptors (Lipinski definition) is 4. The van der Waals surface area contributed by atoms with Crippen molar-refractivity contribution in [3.8, 4) is 0 Å². The normalized spacial score (nSPS) is 16.8. The lowest BCUT2D eigenvalue weighted by atomic mass is 10.1. The molecule has 0 radical (unpaired) electrons. The molecule has 24 heavy (non-hydrogen) atoms. The van der Waals surface area contributed by atoms with E-state index in [1.165, 1.54) is 0 Å². The molecule has 1 aromatic rings. The predicted molar refractivity (Wildman–Crippen MR) is 87.0 cm³/mol. The third kappa shape index (κ3) is 2.43. The summed E-state index contributed by atoms with van der Waals surface area (Å²) in [4.78, 5) is 50.1. The second-order valence-corrected chi connectivity index (χ2v) is 6.49. The van der Waals surface area contributed by atoms with Crippen molar-refractivity contribution in [2.24, 2.45) is 0 Å². The Bertz CT molecular complexity index is 779. The molecule has 1 fully saturated rings. The monoisotopic (exact) mass is 409 g/mol. The summed E-state index contributed by atoms with van der Waals surface area (Å²) in [6.07, 6.45) is 0. The van der Waals surface area contributed by atoms with Gasteiger partial charge in [-0.3, -0.25) is 24.2 Å². The fraction of sp³-hybridized carbons (Fsp3) is 0.231. The Kier molecular flexibility index (Phi) is 4.37. The first-order chi connectivity index (χ1) is 11.3. The van der Waals surface area contributed by atoms with E-state index < -0.39 is 30.3 Å². The van der Waals surface area contributed by atoms with Gasteiger partial charge in [-0.2, -0.15) is 0 Å². The predicted octanol–water partition coefficient (Wildman–Crippen LogP) is 2.45. The SMILES string of the molecule is O=C(CN1C(=O)c2c(Cl)c(Cl)c(Cl)c(Cl)c2C1=O)N1CCNC1=O. The van der Waals surface area contributed by atoms with Gasteiger partial charge < -0.3 is 5.32 Å². The molecule has 0 aliphatic carbocycles. The van der Waals surface area contributed by atoms with Gasteiger partial charge in [0.15, 0.2) is 0 Å². The zero-order valence-electron chi connectivity index (χ0n) is 11.7. The van der Waals surface area contributed by atoms with Crippen LogP contribution < -0.4 is 5.32 Å². The molecule has 0 bridgehead atoms. The van der Waals surface area contributed by atoms with Crippen LogP contribution in [0.2, 0.25) is 20.1 Å². The van der Waals surface area contributed by atoms with Crippen LogP contribution >= 0.6 is 46.4 Å². The fourth-order valence-corrected chi connectivity index (χ4v) is 3.48. The van der Waals surface area contributed by atoms with Gasteiger partial charge >= 0.3 is 6.03 Å². The average Bonchev–Trinajstić information content (AvgIpc) is 3.07. The van der Waals surface area contributed by atoms with E-state index in [0.717, 1.165) is 4.90 Å². The first-order valence-electron chi connectivity index (χ1n) is 6.56. The summed E-state index contributed by atoms with van der Waals surface area (Å²) in [7, 11) is 0. The van der Waals surface area contributed by atoms with Crippen molar-refractivity contribution in [2.75, 3.05) is 19.6 Å². The molecular weight excluding hydrogens is 404 g/mol. The maximum atomic E-state index is 12.5. The summed E-state index contributed by atoms with van der Waals surface area (Å²) < 4.78 is 0. The number of benzene rings is 1. The smallest absolute Gasteiger partial charge is 0.324 e. The Balaban J connectivity index is 1.96. The highest BCUT2D eigenvalue weighted by molar-refractivity contribution is 6.55. The van der Waals surface area contributed by atoms with E-state index in [9.17, 15) is 19.2 Å². The molecule has 1 aromatic carbocycles. The van der Waals surface area contributed by atoms with Gasteiger partial charge in [0.05, 0.1) is 31.2 Å². The molecule has 2 aliphatic rings. The highest BCUT2D eigenvalue weighted by Gasteiger charge is 2.43. The minimum atomic E-state index is -0.826. The molecule has 5 amide bonds. The van der Waals surface area contributed by atoms with E-state index in [0.29, 0.717) is 11.4 Å². The number of hydrogen-bond donors (Lipinski definition) is 1. The molecule has 7 nitrogen and oxygen atoms in total. The molecule has 3 rings (SSSR count). The third-order valence-corrected chi connectivity index (χ3v) is 5.44. The van der Waals surface area contributed by atoms with Crippen molar-refractivity contribution in [1.82, 2.24) is 15.1 Å². The maximum Gasteiger partial charge on any atom is 0.324 e. The van der Waals surface area contributed by atoms with Crippen molar-refractivity contribution in [3.63, 3.8) is 0 Å². The lowest BCUT2D eigenvalue weighted by molar-refractivity contribution is -0.127. The Morgan fingerprint density at radius 2 is 1.42 bits per heavy atom. The minimum Gasteiger partial charge on any atom is -0.336 e. The van der Waals surface area contributed by atoms with Crippen LogP contribution in [0.4, 0.5) is 4.79 Å². The molecule has 0 atom stereocenters. The summed E-state index contributed by atoms with van der Waals surface area (Å²) in [5.41, 5.74) is -0.417. The number of nitrogens with one attached hydrogen (secondary N) is 1. The van der Waals surface area contributed by atoms with Crippen molar-refractivity contribution in [2.45, 2.75) is 0 Å². The zero-order chi connectivity index (χ0) is 17.8. The molecule has 0 saturated carbocycles. The van der Waals surface area contributed by atoms with Gasteiger partial charge in [0, 0.05) is 13.1 Å². The number of amides is 5. The van der Waals surface area contributed by atoms with Gasteiger partial charge in [-0.1, -0.05) is 46.4 Å². The largest absolute Gasteiger partial charge is 0.336 e. The second-order valence-electron chi connectivity index (χ2n) is 4.98. The van der Waals surface area contributed by atoms with Crippen LogP contribution in [0, 0.1) is 0 Å². The number of carbonyl (C=O) groups excluding carboxylic acids is 4. The van der Waals surface area contributed by atoms with Gasteiger partial charge in [0.2, 0.25) is 0 Å². The van der Waals surface area contributed by atoms with Gasteiger partial charge in [0.25, 0.3) is 17.7 Å². The number of fused-ring (bicyclic) bond motifs is 1. The standard InChI is InChI=1S/C13H7Cl4N3O4/c14-7-5-6(8(15)10(17)9(7)16)12(23)20(11(5)22)3-4(21)19-2-1-18-13(19)24/h1-3H2,(H,18,24). The molecular formula is C13H7Cl4N3O4. The van der Waals surface area contributed by atoms with Crippen molar-refractivity contribution in [3.05, 3.63) is 31.2 Å². The van der Waals surface area contributed by atoms with E-state index in [1.807, 2.05) is 0 Å². The quantitative estimate of drug-likeness (QED) is 0.460. The van der Waals surface area contributed by atoms with E-state index in [1.54, 1.807) is 0 Å². The molecule has 0 spiro atoms. The van der Waals surface area contributed by atoms with Crippen LogP contribution in [0.15, 0.2) is 0 Å². The summed E-state index contributed by atoms with van der Waals surface area (Å²) in [5, 5.41) is 1.71. The van der Waals surface area contributed by atoms with E-state index in [4.69, 9.17) is 46.4 Å². The van der Waals surface area contributed by atoms with E-state index >= 15 is 0 Å². The maximum absolute atomic E-state index is 12.5. The molecule has 11 heteroatoms. The summed E-state index contributed by atoms with van der Waals surface area (Å²) in [6, 6.07) is -0.584. The number of imide groups is 2. The first kappa shape index (κ1) is 17.3. The Hall–Kier alpha value is -1.54. The Morgan fingerprint density at radius 1 is 0.917 bits per heavy atom. The van der Waals surface area contributed by atoms with Crippen LogP contribution in [0.5, 0.6) is 0 Å². The highest BCUT2D eigenvalue weighted by Crippen LogP contribution is 2.44. The van der Waals surface area contributed by atoms with E-state index in [-0.39, 0.29) is 37.8 Å². The Labute approximate surface area is 155 Å². The topological polar surface area (TPSA) is 86.8 Å². The molecule has 0 unspecified atom stereocenters. The summed E-state index contributed by atoms with van der Waals surface area (Å²) in [5.74, 6) is -2.36. The molecule has 0 aromatic heterocycles. The number of urea groups is 1. The summed E-state index contributed by atoms with van der Waals surface area (Å²) >= 11 is 23.8. The number of carbonyl (C=O) groups is 4. The van der Waals surface area contributed by atoms with Crippen molar-refractivity contribution >= 4 is 70.2 Å². The number of rotatable bonds is 2. The minimum absolute atomic E-state index is 0.153. The Morgan fingerprint density at radius 3 is 1.83 bits per heavy atom. The van der Waals surface area contributed by atoms with Gasteiger partial charge in [-0.25, -0.2) is 4.79 Å². The van der Waals surface area contributed by atoms with Crippen LogP contribution in [0.25, 0.3) is 0 Å². The first-order valence-corrected chi connectivity index (χ1v) is 8.07. The lowest BCUT2D eigenvalue weighted by Crippen LogP contribution is -2.44. The molecule has 126 valence electrons. The van der Waals surface area contributed by atoms with Gasteiger partial charge in [-0.05, 0) is 0 Å². The van der Waals surface area contributed by atoms with Crippen molar-refractivity contribution in [1.29, 1.82) is 0 Å². The van der Waals surface area contributed by atoms with Crippen LogP contribution in [0.1, 0.15) is 20.7 Å². The molecule has 2 aliphatic heterocycles. The van der Waals surface area contributed by atoms with Gasteiger partial charge in [-0.15, -0.1) is 0 Å².